The largest absolute Gasteiger partial charge is 0.396 e. The van der Waals surface area contributed by atoms with Gasteiger partial charge >= 0.3 is 0 Å². The van der Waals surface area contributed by atoms with Crippen molar-refractivity contribution in [2.75, 3.05) is 18.1 Å². The lowest BCUT2D eigenvalue weighted by atomic mass is 10.0. The van der Waals surface area contributed by atoms with Crippen LogP contribution in [0.4, 0.5) is 5.69 Å². The summed E-state index contributed by atoms with van der Waals surface area (Å²) in [5.74, 6) is -0.223. The Hall–Kier alpha value is -1.30. The monoisotopic (exact) mass is 399 g/mol. The average molecular weight is 401 g/mol. The van der Waals surface area contributed by atoms with Crippen molar-refractivity contribution in [3.05, 3.63) is 63.1 Å². The third kappa shape index (κ3) is 3.94. The van der Waals surface area contributed by atoms with Gasteiger partial charge in [0.05, 0.1) is 12.6 Å². The van der Waals surface area contributed by atoms with E-state index >= 15 is 0 Å². The molecule has 2 unspecified atom stereocenters. The summed E-state index contributed by atoms with van der Waals surface area (Å²) in [6, 6.07) is 11.8. The number of ether oxygens (including phenoxy) is 1. The zero-order valence-electron chi connectivity index (χ0n) is 13.2. The Morgan fingerprint density at radius 1 is 1.08 bits per heavy atom. The van der Waals surface area contributed by atoms with Crippen molar-refractivity contribution in [1.82, 2.24) is 0 Å². The molecule has 3 rings (SSSR count). The standard InChI is InChI=1S/C18H16Cl3NO3/c19-11-1-4-13(5-2-11)22-16(10-25-17(7-8-23)18(22)24)14-6-3-12(20)9-15(14)21/h1-6,9,16-17,23H,7-8,10H2. The minimum absolute atomic E-state index is 0.128. The van der Waals surface area contributed by atoms with E-state index in [0.717, 1.165) is 5.56 Å². The van der Waals surface area contributed by atoms with Crippen LogP contribution < -0.4 is 4.90 Å². The lowest BCUT2D eigenvalue weighted by molar-refractivity contribution is -0.137. The maximum atomic E-state index is 13.0. The topological polar surface area (TPSA) is 49.8 Å². The number of hydrogen-bond donors (Lipinski definition) is 1. The Bertz CT molecular complexity index is 767. The van der Waals surface area contributed by atoms with Gasteiger partial charge in [-0.3, -0.25) is 4.79 Å². The van der Waals surface area contributed by atoms with Crippen molar-refractivity contribution in [3.63, 3.8) is 0 Å². The number of carbonyl (C=O) groups excluding carboxylic acids is 1. The number of carbonyl (C=O) groups is 1. The van der Waals surface area contributed by atoms with Gasteiger partial charge in [-0.25, -0.2) is 0 Å². The number of amides is 1. The van der Waals surface area contributed by atoms with E-state index in [0.29, 0.717) is 20.8 Å². The predicted octanol–water partition coefficient (Wildman–Crippen LogP) is 4.50. The van der Waals surface area contributed by atoms with Crippen LogP contribution in [0.1, 0.15) is 18.0 Å². The van der Waals surface area contributed by atoms with Gasteiger partial charge in [-0.05, 0) is 42.0 Å². The fraction of sp³-hybridized carbons (Fsp3) is 0.278. The number of aliphatic hydroxyl groups is 1. The van der Waals surface area contributed by atoms with E-state index in [1.165, 1.54) is 0 Å². The maximum Gasteiger partial charge on any atom is 0.256 e. The van der Waals surface area contributed by atoms with Crippen LogP contribution in [0.5, 0.6) is 0 Å². The molecule has 0 aromatic heterocycles. The molecule has 2 aromatic carbocycles. The fourth-order valence-electron chi connectivity index (χ4n) is 2.90. The lowest BCUT2D eigenvalue weighted by Gasteiger charge is -2.39. The molecule has 7 heteroatoms. The summed E-state index contributed by atoms with van der Waals surface area (Å²) in [6.07, 6.45) is -0.452. The molecule has 2 aromatic rings. The molecule has 132 valence electrons. The summed E-state index contributed by atoms with van der Waals surface area (Å²) in [6.45, 7) is 0.137. The van der Waals surface area contributed by atoms with Crippen molar-refractivity contribution in [3.8, 4) is 0 Å². The average Bonchev–Trinajstić information content (AvgIpc) is 2.58. The molecule has 4 nitrogen and oxygen atoms in total. The smallest absolute Gasteiger partial charge is 0.256 e. The van der Waals surface area contributed by atoms with Crippen LogP contribution >= 0.6 is 34.8 Å². The molecule has 2 atom stereocenters. The molecule has 1 amide bonds. The number of morpholine rings is 1. The number of aliphatic hydroxyl groups excluding tert-OH is 1. The van der Waals surface area contributed by atoms with Gasteiger partial charge in [0.25, 0.3) is 5.91 Å². The van der Waals surface area contributed by atoms with Gasteiger partial charge in [0.1, 0.15) is 6.10 Å². The molecule has 1 saturated heterocycles. The fourth-order valence-corrected chi connectivity index (χ4v) is 3.56. The first kappa shape index (κ1) is 18.5. The van der Waals surface area contributed by atoms with Gasteiger partial charge in [-0.1, -0.05) is 40.9 Å². The van der Waals surface area contributed by atoms with Crippen LogP contribution in [-0.4, -0.2) is 30.3 Å². The van der Waals surface area contributed by atoms with Gasteiger partial charge in [-0.2, -0.15) is 0 Å². The number of halogens is 3. The Balaban J connectivity index is 2.03. The Kier molecular flexibility index (Phi) is 5.87. The van der Waals surface area contributed by atoms with Gasteiger partial charge in [0.15, 0.2) is 0 Å². The summed E-state index contributed by atoms with van der Waals surface area (Å²) in [7, 11) is 0. The summed E-state index contributed by atoms with van der Waals surface area (Å²) in [5, 5.41) is 10.8. The van der Waals surface area contributed by atoms with E-state index in [1.54, 1.807) is 47.4 Å². The molecule has 0 radical (unpaired) electrons. The summed E-state index contributed by atoms with van der Waals surface area (Å²) in [5.41, 5.74) is 1.44. The Morgan fingerprint density at radius 3 is 2.40 bits per heavy atom. The van der Waals surface area contributed by atoms with Gasteiger partial charge < -0.3 is 14.7 Å². The first-order valence-corrected chi connectivity index (χ1v) is 8.90. The highest BCUT2D eigenvalue weighted by Gasteiger charge is 2.38. The summed E-state index contributed by atoms with van der Waals surface area (Å²) < 4.78 is 5.69. The van der Waals surface area contributed by atoms with Crippen molar-refractivity contribution in [2.24, 2.45) is 0 Å². The number of benzene rings is 2. The van der Waals surface area contributed by atoms with Crippen molar-refractivity contribution in [2.45, 2.75) is 18.6 Å². The zero-order valence-corrected chi connectivity index (χ0v) is 15.4. The second-order valence-corrected chi connectivity index (χ2v) is 6.98. The third-order valence-corrected chi connectivity index (χ3v) is 4.91. The van der Waals surface area contributed by atoms with Gasteiger partial charge in [-0.15, -0.1) is 0 Å². The number of nitrogens with zero attached hydrogens (tertiary/aromatic N) is 1. The molecule has 1 aliphatic rings. The lowest BCUT2D eigenvalue weighted by Crippen LogP contribution is -2.50. The molecule has 0 saturated carbocycles. The van der Waals surface area contributed by atoms with E-state index in [1.807, 2.05) is 0 Å². The number of anilines is 1. The van der Waals surface area contributed by atoms with Crippen LogP contribution in [0.15, 0.2) is 42.5 Å². The number of hydrogen-bond acceptors (Lipinski definition) is 3. The highest BCUT2D eigenvalue weighted by atomic mass is 35.5. The molecule has 1 heterocycles. The highest BCUT2D eigenvalue weighted by molar-refractivity contribution is 6.35. The zero-order chi connectivity index (χ0) is 18.0. The second-order valence-electron chi connectivity index (χ2n) is 5.70. The molecular formula is C18H16Cl3NO3. The van der Waals surface area contributed by atoms with Crippen LogP contribution in [0.25, 0.3) is 0 Å². The molecule has 0 bridgehead atoms. The Labute approximate surface area is 160 Å². The normalized spacial score (nSPS) is 20.8. The van der Waals surface area contributed by atoms with E-state index in [-0.39, 0.29) is 25.5 Å². The summed E-state index contributed by atoms with van der Waals surface area (Å²) >= 11 is 18.3. The van der Waals surface area contributed by atoms with Crippen LogP contribution in [0, 0.1) is 0 Å². The summed E-state index contributed by atoms with van der Waals surface area (Å²) in [4.78, 5) is 14.6. The van der Waals surface area contributed by atoms with Crippen LogP contribution in [-0.2, 0) is 9.53 Å². The number of rotatable bonds is 4. The van der Waals surface area contributed by atoms with Crippen molar-refractivity contribution >= 4 is 46.4 Å². The van der Waals surface area contributed by atoms with E-state index in [2.05, 4.69) is 0 Å². The quantitative estimate of drug-likeness (QED) is 0.822. The predicted molar refractivity (Wildman–Crippen MR) is 99.6 cm³/mol. The molecule has 1 aliphatic heterocycles. The van der Waals surface area contributed by atoms with Gasteiger partial charge in [0, 0.05) is 33.8 Å². The SMILES string of the molecule is O=C1C(CCO)OCC(c2ccc(Cl)cc2Cl)N1c1ccc(Cl)cc1. The van der Waals surface area contributed by atoms with Crippen molar-refractivity contribution in [1.29, 1.82) is 0 Å². The maximum absolute atomic E-state index is 13.0. The highest BCUT2D eigenvalue weighted by Crippen LogP contribution is 2.37. The van der Waals surface area contributed by atoms with E-state index < -0.39 is 12.1 Å². The van der Waals surface area contributed by atoms with E-state index in [4.69, 9.17) is 39.5 Å². The van der Waals surface area contributed by atoms with Crippen molar-refractivity contribution < 1.29 is 14.6 Å². The third-order valence-electron chi connectivity index (χ3n) is 4.10. The molecule has 0 spiro atoms. The van der Waals surface area contributed by atoms with E-state index in [9.17, 15) is 9.90 Å². The minimum Gasteiger partial charge on any atom is -0.396 e. The molecule has 25 heavy (non-hydrogen) atoms. The van der Waals surface area contributed by atoms with Crippen LogP contribution in [0.2, 0.25) is 15.1 Å². The Morgan fingerprint density at radius 2 is 1.76 bits per heavy atom. The molecule has 0 aliphatic carbocycles. The molecule has 1 fully saturated rings. The first-order valence-electron chi connectivity index (χ1n) is 7.77. The molecular weight excluding hydrogens is 385 g/mol. The molecule has 1 N–H and O–H groups in total. The second kappa shape index (κ2) is 7.94. The minimum atomic E-state index is -0.692. The van der Waals surface area contributed by atoms with Crippen LogP contribution in [0.3, 0.4) is 0 Å². The van der Waals surface area contributed by atoms with Gasteiger partial charge in [0.2, 0.25) is 0 Å². The first-order chi connectivity index (χ1) is 12.0.